The van der Waals surface area contributed by atoms with E-state index in [0.29, 0.717) is 29.4 Å². The maximum Gasteiger partial charge on any atom is 0.226 e. The first-order valence-corrected chi connectivity index (χ1v) is 13.5. The topological polar surface area (TPSA) is 45.2 Å². The maximum atomic E-state index is 13.2. The molecule has 0 aromatic rings. The van der Waals surface area contributed by atoms with Crippen LogP contribution in [0.5, 0.6) is 0 Å². The van der Waals surface area contributed by atoms with Crippen LogP contribution in [0.4, 0.5) is 0 Å². The molecule has 0 N–H and O–H groups in total. The molecular weight excluding hydrogens is 416 g/mol. The van der Waals surface area contributed by atoms with Crippen LogP contribution < -0.4 is 0 Å². The van der Waals surface area contributed by atoms with Crippen molar-refractivity contribution in [3.8, 4) is 6.07 Å². The zero-order chi connectivity index (χ0) is 24.9. The molecule has 4 fully saturated rings. The zero-order valence-corrected chi connectivity index (χ0v) is 22.1. The third kappa shape index (κ3) is 2.60. The number of rotatable bonds is 1. The van der Waals surface area contributed by atoms with Gasteiger partial charge >= 0.3 is 0 Å². The largest absolute Gasteiger partial charge is 0.307 e. The van der Waals surface area contributed by atoms with Crippen molar-refractivity contribution >= 4 is 5.78 Å². The second-order valence-electron chi connectivity index (χ2n) is 14.0. The maximum absolute atomic E-state index is 13.2. The van der Waals surface area contributed by atoms with Crippen LogP contribution in [0.3, 0.4) is 0 Å². The van der Waals surface area contributed by atoms with Crippen molar-refractivity contribution in [2.24, 2.45) is 56.7 Å². The molecule has 5 aliphatic carbocycles. The van der Waals surface area contributed by atoms with E-state index >= 15 is 0 Å². The van der Waals surface area contributed by atoms with Crippen LogP contribution >= 0.6 is 0 Å². The summed E-state index contributed by atoms with van der Waals surface area (Å²) in [5.41, 5.74) is 1.16. The highest BCUT2D eigenvalue weighted by Crippen LogP contribution is 2.76. The van der Waals surface area contributed by atoms with E-state index in [1.807, 2.05) is 0 Å². The summed E-state index contributed by atoms with van der Waals surface area (Å²) in [6, 6.07) is 2.86. The minimum absolute atomic E-state index is 0.0419. The minimum Gasteiger partial charge on any atom is -0.307 e. The Labute approximate surface area is 206 Å². The number of carbonyl (C=O) groups excluding carboxylic acids is 1. The minimum atomic E-state index is -0.485. The van der Waals surface area contributed by atoms with Gasteiger partial charge in [-0.25, -0.2) is 4.85 Å². The molecule has 0 amide bonds. The molecule has 0 radical (unpaired) electrons. The van der Waals surface area contributed by atoms with E-state index in [1.54, 1.807) is 0 Å². The second-order valence-corrected chi connectivity index (χ2v) is 14.0. The standard InChI is InChI=1S/C31H42N2O/c1-19(2)20-11-14-31(18-32)16-15-29(6)21(25(20)31)9-10-24-28(5)17-22(33-8)26(34)27(3,4)23(28)12-13-30(24,29)7/h17,20-21,23-25H,1,9-16H2,2-7H3/t20?,21-,23+,24-,25-,28+,29-,30-,31-/m1/s1. The summed E-state index contributed by atoms with van der Waals surface area (Å²) in [5, 5.41) is 10.4. The van der Waals surface area contributed by atoms with Gasteiger partial charge in [0.1, 0.15) is 0 Å². The lowest BCUT2D eigenvalue weighted by Crippen LogP contribution is -2.65. The first-order chi connectivity index (χ1) is 15.8. The average molecular weight is 459 g/mol. The third-order valence-electron chi connectivity index (χ3n) is 12.7. The Hall–Kier alpha value is -1.87. The number of allylic oxidation sites excluding steroid dienone is 3. The van der Waals surface area contributed by atoms with E-state index in [9.17, 15) is 10.1 Å². The molecule has 5 rings (SSSR count). The Morgan fingerprint density at radius 2 is 1.74 bits per heavy atom. The van der Waals surface area contributed by atoms with Crippen molar-refractivity contribution in [2.75, 3.05) is 0 Å². The summed E-state index contributed by atoms with van der Waals surface area (Å²) in [4.78, 5) is 16.9. The van der Waals surface area contributed by atoms with Crippen molar-refractivity contribution in [1.29, 1.82) is 5.26 Å². The monoisotopic (exact) mass is 458 g/mol. The van der Waals surface area contributed by atoms with Gasteiger partial charge in [0.25, 0.3) is 0 Å². The Bertz CT molecular complexity index is 1070. The summed E-state index contributed by atoms with van der Waals surface area (Å²) in [5.74, 6) is 2.23. The van der Waals surface area contributed by atoms with E-state index < -0.39 is 5.41 Å². The van der Waals surface area contributed by atoms with Crippen LogP contribution in [0.1, 0.15) is 92.9 Å². The molecule has 5 aliphatic rings. The Morgan fingerprint density at radius 1 is 1.03 bits per heavy atom. The predicted molar refractivity (Wildman–Crippen MR) is 135 cm³/mol. The number of ketones is 1. The summed E-state index contributed by atoms with van der Waals surface area (Å²) in [7, 11) is 0. The number of Topliss-reactive ketones (excluding diaryl/α,β-unsaturated/α-hetero) is 1. The van der Waals surface area contributed by atoms with E-state index in [0.717, 1.165) is 51.4 Å². The molecule has 0 saturated heterocycles. The first-order valence-electron chi connectivity index (χ1n) is 13.5. The van der Waals surface area contributed by atoms with Gasteiger partial charge in [-0.05, 0) is 104 Å². The molecule has 0 aromatic heterocycles. The highest BCUT2D eigenvalue weighted by Gasteiger charge is 2.70. The molecular formula is C31H42N2O. The van der Waals surface area contributed by atoms with Crippen molar-refractivity contribution in [3.05, 3.63) is 35.3 Å². The van der Waals surface area contributed by atoms with E-state index in [-0.39, 0.29) is 33.4 Å². The lowest BCUT2D eigenvalue weighted by atomic mass is 9.33. The van der Waals surface area contributed by atoms with Gasteiger partial charge in [0.15, 0.2) is 5.78 Å². The van der Waals surface area contributed by atoms with Gasteiger partial charge in [-0.1, -0.05) is 52.8 Å². The molecule has 9 atom stereocenters. The van der Waals surface area contributed by atoms with Gasteiger partial charge in [-0.2, -0.15) is 5.26 Å². The smallest absolute Gasteiger partial charge is 0.226 e. The molecule has 3 nitrogen and oxygen atoms in total. The zero-order valence-electron chi connectivity index (χ0n) is 22.1. The Morgan fingerprint density at radius 3 is 2.35 bits per heavy atom. The molecule has 3 heteroatoms. The van der Waals surface area contributed by atoms with Crippen LogP contribution in [0.25, 0.3) is 4.85 Å². The van der Waals surface area contributed by atoms with E-state index in [2.05, 4.69) is 65.1 Å². The Balaban J connectivity index is 1.62. The van der Waals surface area contributed by atoms with Crippen LogP contribution in [0.15, 0.2) is 23.9 Å². The van der Waals surface area contributed by atoms with E-state index in [1.165, 1.54) is 5.57 Å². The highest BCUT2D eigenvalue weighted by atomic mass is 16.1. The van der Waals surface area contributed by atoms with Crippen LogP contribution in [-0.2, 0) is 4.79 Å². The summed E-state index contributed by atoms with van der Waals surface area (Å²) in [6.07, 6.45) is 10.9. The Kier molecular flexibility index (Phi) is 4.97. The number of fused-ring (bicyclic) bond motifs is 7. The quantitative estimate of drug-likeness (QED) is 0.298. The van der Waals surface area contributed by atoms with Gasteiger partial charge in [-0.15, -0.1) is 0 Å². The highest BCUT2D eigenvalue weighted by molar-refractivity contribution is 6.02. The SMILES string of the molecule is [C-]#[N+]C1=C[C@]2(C)[C@H]3CC[C@@H]4[C@H]5C(C(=C)C)CC[C@]5(C#N)CC[C@@]4(C)[C@]3(C)CC[C@H]2C(C)(C)C1=O. The molecule has 34 heavy (non-hydrogen) atoms. The number of hydrogen-bond donors (Lipinski definition) is 0. The predicted octanol–water partition coefficient (Wildman–Crippen LogP) is 7.76. The molecule has 0 spiro atoms. The third-order valence-corrected chi connectivity index (χ3v) is 12.7. The van der Waals surface area contributed by atoms with Gasteiger partial charge in [-0.3, -0.25) is 0 Å². The lowest BCUT2D eigenvalue weighted by molar-refractivity contribution is -0.213. The van der Waals surface area contributed by atoms with Crippen LogP contribution in [0.2, 0.25) is 0 Å². The number of hydrogen-bond acceptors (Lipinski definition) is 2. The summed E-state index contributed by atoms with van der Waals surface area (Å²) in [6.45, 7) is 26.0. The number of nitrogens with zero attached hydrogens (tertiary/aromatic N) is 2. The summed E-state index contributed by atoms with van der Waals surface area (Å²) < 4.78 is 0. The number of carbonyl (C=O) groups is 1. The van der Waals surface area contributed by atoms with Crippen molar-refractivity contribution in [3.63, 3.8) is 0 Å². The molecule has 0 heterocycles. The van der Waals surface area contributed by atoms with Crippen LogP contribution in [0, 0.1) is 74.6 Å². The molecule has 182 valence electrons. The molecule has 4 saturated carbocycles. The fraction of sp³-hybridized carbons (Fsp3) is 0.774. The van der Waals surface area contributed by atoms with Gasteiger partial charge in [0, 0.05) is 5.41 Å². The van der Waals surface area contributed by atoms with Crippen molar-refractivity contribution in [1.82, 2.24) is 0 Å². The van der Waals surface area contributed by atoms with E-state index in [4.69, 9.17) is 6.57 Å². The fourth-order valence-corrected chi connectivity index (χ4v) is 10.9. The van der Waals surface area contributed by atoms with Gasteiger partial charge < -0.3 is 4.79 Å². The second kappa shape index (κ2) is 7.09. The fourth-order valence-electron chi connectivity index (χ4n) is 10.9. The van der Waals surface area contributed by atoms with Crippen LogP contribution in [-0.4, -0.2) is 5.78 Å². The van der Waals surface area contributed by atoms with Gasteiger partial charge in [0.2, 0.25) is 5.70 Å². The molecule has 0 bridgehead atoms. The normalized spacial score (nSPS) is 51.0. The van der Waals surface area contributed by atoms with Gasteiger partial charge in [0.05, 0.1) is 18.1 Å². The number of nitriles is 1. The lowest BCUT2D eigenvalue weighted by Gasteiger charge is -2.71. The first kappa shape index (κ1) is 23.9. The molecule has 1 unspecified atom stereocenters. The average Bonchev–Trinajstić information content (AvgIpc) is 3.17. The molecule has 0 aromatic carbocycles. The van der Waals surface area contributed by atoms with Crippen molar-refractivity contribution < 1.29 is 4.79 Å². The van der Waals surface area contributed by atoms with Crippen molar-refractivity contribution in [2.45, 2.75) is 92.9 Å². The summed E-state index contributed by atoms with van der Waals surface area (Å²) >= 11 is 0. The molecule has 0 aliphatic heterocycles.